The molecule has 0 saturated heterocycles. The summed E-state index contributed by atoms with van der Waals surface area (Å²) < 4.78 is 15.1. The molecule has 0 fully saturated rings. The molecule has 0 aliphatic heterocycles. The third-order valence-electron chi connectivity index (χ3n) is 4.43. The fourth-order valence-corrected chi connectivity index (χ4v) is 3.07. The maximum absolute atomic E-state index is 13.2. The van der Waals surface area contributed by atoms with Gasteiger partial charge in [-0.05, 0) is 35.9 Å². The molecule has 0 bridgehead atoms. The number of aromatic nitrogens is 2. The molecule has 4 aromatic rings. The van der Waals surface area contributed by atoms with Crippen molar-refractivity contribution in [1.29, 1.82) is 0 Å². The first-order chi connectivity index (χ1) is 13.6. The fourth-order valence-electron chi connectivity index (χ4n) is 3.07. The number of hydrogen-bond donors (Lipinski definition) is 1. The Morgan fingerprint density at radius 1 is 1.00 bits per heavy atom. The highest BCUT2D eigenvalue weighted by Gasteiger charge is 2.18. The fraction of sp³-hybridized carbons (Fsp3) is 0.0455. The number of nitrogens with one attached hydrogen (secondary N) is 1. The summed E-state index contributed by atoms with van der Waals surface area (Å²) in [6, 6.07) is 17.0. The molecule has 0 saturated carbocycles. The summed E-state index contributed by atoms with van der Waals surface area (Å²) in [5.74, 6) is -1.66. The summed E-state index contributed by atoms with van der Waals surface area (Å²) >= 11 is 0. The van der Waals surface area contributed by atoms with E-state index in [0.29, 0.717) is 12.2 Å². The van der Waals surface area contributed by atoms with Gasteiger partial charge in [-0.25, -0.2) is 4.39 Å². The number of anilines is 1. The van der Waals surface area contributed by atoms with Crippen molar-refractivity contribution in [2.45, 2.75) is 6.54 Å². The van der Waals surface area contributed by atoms with Crippen molar-refractivity contribution >= 4 is 28.3 Å². The van der Waals surface area contributed by atoms with Gasteiger partial charge in [-0.1, -0.05) is 30.3 Å². The summed E-state index contributed by atoms with van der Waals surface area (Å²) in [6.07, 6.45) is 4.68. The molecular weight excluding hydrogens is 357 g/mol. The first-order valence-electron chi connectivity index (χ1n) is 8.70. The lowest BCUT2D eigenvalue weighted by Crippen LogP contribution is -2.22. The largest absolute Gasteiger partial charge is 0.341 e. The van der Waals surface area contributed by atoms with E-state index in [1.807, 2.05) is 28.8 Å². The molecule has 0 spiro atoms. The van der Waals surface area contributed by atoms with Crippen molar-refractivity contribution in [1.82, 2.24) is 9.55 Å². The molecular formula is C22H16FN3O2. The summed E-state index contributed by atoms with van der Waals surface area (Å²) in [4.78, 5) is 28.6. The molecule has 2 aromatic heterocycles. The standard InChI is InChI=1S/C22H16FN3O2/c23-17-9-7-15(8-10-17)13-26-14-19(18-5-1-2-6-20(18)26)25-22(28)21(27)16-4-3-11-24-12-16/h1-12,14H,13H2,(H,25,28). The monoisotopic (exact) mass is 373 g/mol. The minimum atomic E-state index is -0.724. The number of fused-ring (bicyclic) bond motifs is 1. The normalized spacial score (nSPS) is 10.8. The summed E-state index contributed by atoms with van der Waals surface area (Å²) in [5.41, 5.74) is 2.59. The zero-order valence-corrected chi connectivity index (χ0v) is 14.8. The van der Waals surface area contributed by atoms with Crippen LogP contribution in [0, 0.1) is 5.82 Å². The van der Waals surface area contributed by atoms with Crippen molar-refractivity contribution in [3.8, 4) is 0 Å². The Morgan fingerprint density at radius 3 is 2.54 bits per heavy atom. The Hall–Kier alpha value is -3.80. The highest BCUT2D eigenvalue weighted by Crippen LogP contribution is 2.27. The zero-order valence-electron chi connectivity index (χ0n) is 14.8. The molecule has 0 radical (unpaired) electrons. The number of carbonyl (C=O) groups excluding carboxylic acids is 2. The molecule has 1 N–H and O–H groups in total. The van der Waals surface area contributed by atoms with Crippen LogP contribution in [0.2, 0.25) is 0 Å². The number of rotatable bonds is 5. The Kier molecular flexibility index (Phi) is 4.68. The molecule has 138 valence electrons. The van der Waals surface area contributed by atoms with Crippen LogP contribution >= 0.6 is 0 Å². The predicted octanol–water partition coefficient (Wildman–Crippen LogP) is 4.05. The second-order valence-corrected chi connectivity index (χ2v) is 6.34. The Labute approximate surface area is 160 Å². The van der Waals surface area contributed by atoms with E-state index in [0.717, 1.165) is 16.5 Å². The van der Waals surface area contributed by atoms with Crippen LogP contribution in [-0.4, -0.2) is 21.2 Å². The maximum Gasteiger partial charge on any atom is 0.296 e. The molecule has 6 heteroatoms. The van der Waals surface area contributed by atoms with Gasteiger partial charge in [0.2, 0.25) is 0 Å². The first-order valence-corrected chi connectivity index (χ1v) is 8.70. The minimum absolute atomic E-state index is 0.232. The summed E-state index contributed by atoms with van der Waals surface area (Å²) in [7, 11) is 0. The topological polar surface area (TPSA) is 64.0 Å². The number of benzene rings is 2. The predicted molar refractivity (Wildman–Crippen MR) is 105 cm³/mol. The molecule has 2 aromatic carbocycles. The number of para-hydroxylation sites is 1. The zero-order chi connectivity index (χ0) is 19.5. The van der Waals surface area contributed by atoms with E-state index in [1.54, 1.807) is 30.5 Å². The average Bonchev–Trinajstić information content (AvgIpc) is 3.07. The quantitative estimate of drug-likeness (QED) is 0.424. The molecule has 2 heterocycles. The highest BCUT2D eigenvalue weighted by molar-refractivity contribution is 6.46. The van der Waals surface area contributed by atoms with E-state index in [9.17, 15) is 14.0 Å². The van der Waals surface area contributed by atoms with Gasteiger partial charge < -0.3 is 9.88 Å². The number of nitrogens with zero attached hydrogens (tertiary/aromatic N) is 2. The van der Waals surface area contributed by atoms with Crippen LogP contribution in [0.15, 0.2) is 79.3 Å². The van der Waals surface area contributed by atoms with Gasteiger partial charge in [-0.15, -0.1) is 0 Å². The van der Waals surface area contributed by atoms with E-state index in [4.69, 9.17) is 0 Å². The van der Waals surface area contributed by atoms with Gasteiger partial charge in [0.25, 0.3) is 11.7 Å². The third kappa shape index (κ3) is 3.53. The van der Waals surface area contributed by atoms with Crippen molar-refractivity contribution in [2.75, 3.05) is 5.32 Å². The van der Waals surface area contributed by atoms with Crippen LogP contribution in [0.1, 0.15) is 15.9 Å². The van der Waals surface area contributed by atoms with Gasteiger partial charge in [0.05, 0.1) is 11.2 Å². The van der Waals surface area contributed by atoms with Crippen LogP contribution in [0.3, 0.4) is 0 Å². The van der Waals surface area contributed by atoms with Crippen LogP contribution in [0.4, 0.5) is 10.1 Å². The van der Waals surface area contributed by atoms with Crippen LogP contribution in [0.5, 0.6) is 0 Å². The Morgan fingerprint density at radius 2 is 1.79 bits per heavy atom. The summed E-state index contributed by atoms with van der Waals surface area (Å²) in [5, 5.41) is 3.52. The van der Waals surface area contributed by atoms with Crippen molar-refractivity contribution in [2.24, 2.45) is 0 Å². The number of ketones is 1. The van der Waals surface area contributed by atoms with Gasteiger partial charge >= 0.3 is 0 Å². The van der Waals surface area contributed by atoms with Crippen molar-refractivity contribution in [3.05, 3.63) is 96.2 Å². The maximum atomic E-state index is 13.2. The van der Waals surface area contributed by atoms with Crippen LogP contribution in [-0.2, 0) is 11.3 Å². The SMILES string of the molecule is O=C(Nc1cn(Cc2ccc(F)cc2)c2ccccc12)C(=O)c1cccnc1. The molecule has 5 nitrogen and oxygen atoms in total. The number of pyridine rings is 1. The lowest BCUT2D eigenvalue weighted by Gasteiger charge is -2.05. The third-order valence-corrected chi connectivity index (χ3v) is 4.43. The number of Topliss-reactive ketones (excluding diaryl/α,β-unsaturated/α-hetero) is 1. The van der Waals surface area contributed by atoms with Crippen molar-refractivity contribution < 1.29 is 14.0 Å². The molecule has 28 heavy (non-hydrogen) atoms. The minimum Gasteiger partial charge on any atom is -0.341 e. The van der Waals surface area contributed by atoms with Crippen molar-refractivity contribution in [3.63, 3.8) is 0 Å². The van der Waals surface area contributed by atoms with Crippen LogP contribution in [0.25, 0.3) is 10.9 Å². The number of amides is 1. The lowest BCUT2D eigenvalue weighted by atomic mass is 10.1. The van der Waals surface area contributed by atoms with E-state index in [1.165, 1.54) is 24.5 Å². The van der Waals surface area contributed by atoms with Gasteiger partial charge in [0, 0.05) is 36.1 Å². The van der Waals surface area contributed by atoms with Gasteiger partial charge in [0.15, 0.2) is 0 Å². The average molecular weight is 373 g/mol. The van der Waals surface area contributed by atoms with E-state index < -0.39 is 11.7 Å². The Balaban J connectivity index is 1.63. The Bertz CT molecular complexity index is 1150. The van der Waals surface area contributed by atoms with E-state index in [2.05, 4.69) is 10.3 Å². The number of halogens is 1. The second kappa shape index (κ2) is 7.44. The van der Waals surface area contributed by atoms with E-state index >= 15 is 0 Å². The second-order valence-electron chi connectivity index (χ2n) is 6.34. The summed E-state index contributed by atoms with van der Waals surface area (Å²) in [6.45, 7) is 0.507. The number of carbonyl (C=O) groups is 2. The smallest absolute Gasteiger partial charge is 0.296 e. The highest BCUT2D eigenvalue weighted by atomic mass is 19.1. The van der Waals surface area contributed by atoms with E-state index in [-0.39, 0.29) is 11.4 Å². The van der Waals surface area contributed by atoms with Gasteiger partial charge in [-0.3, -0.25) is 14.6 Å². The lowest BCUT2D eigenvalue weighted by molar-refractivity contribution is -0.112. The van der Waals surface area contributed by atoms with Crippen LogP contribution < -0.4 is 5.32 Å². The van der Waals surface area contributed by atoms with Gasteiger partial charge in [0.1, 0.15) is 5.82 Å². The molecule has 0 aliphatic rings. The molecule has 0 atom stereocenters. The number of hydrogen-bond acceptors (Lipinski definition) is 3. The van der Waals surface area contributed by atoms with Gasteiger partial charge in [-0.2, -0.15) is 0 Å². The molecule has 1 amide bonds. The molecule has 4 rings (SSSR count). The molecule has 0 aliphatic carbocycles. The first kappa shape index (κ1) is 17.6. The molecule has 0 unspecified atom stereocenters.